The minimum atomic E-state index is -0.412. The predicted octanol–water partition coefficient (Wildman–Crippen LogP) is 0.433. The minimum absolute atomic E-state index is 0.0894. The molecule has 2 atom stereocenters. The SMILES string of the molecule is COC(=O)CC(C(=O)OC)C1CCCN1C. The molecule has 0 saturated carbocycles. The van der Waals surface area contributed by atoms with Crippen molar-refractivity contribution in [1.29, 1.82) is 0 Å². The lowest BCUT2D eigenvalue weighted by atomic mass is 9.94. The van der Waals surface area contributed by atoms with Gasteiger partial charge in [0.15, 0.2) is 0 Å². The molecule has 0 bridgehead atoms. The molecule has 1 heterocycles. The molecule has 2 unspecified atom stereocenters. The van der Waals surface area contributed by atoms with Crippen molar-refractivity contribution < 1.29 is 19.1 Å². The lowest BCUT2D eigenvalue weighted by Crippen LogP contribution is -2.39. The summed E-state index contributed by atoms with van der Waals surface area (Å²) in [5.74, 6) is -1.11. The molecule has 16 heavy (non-hydrogen) atoms. The van der Waals surface area contributed by atoms with Gasteiger partial charge in [0.25, 0.3) is 0 Å². The molecule has 1 aliphatic heterocycles. The predicted molar refractivity (Wildman–Crippen MR) is 57.8 cm³/mol. The van der Waals surface area contributed by atoms with E-state index < -0.39 is 5.92 Å². The molecule has 0 aromatic rings. The first-order chi connectivity index (χ1) is 7.60. The molecule has 5 nitrogen and oxygen atoms in total. The lowest BCUT2D eigenvalue weighted by molar-refractivity contribution is -0.154. The summed E-state index contributed by atoms with van der Waals surface area (Å²) in [6, 6.07) is 0.0894. The van der Waals surface area contributed by atoms with E-state index >= 15 is 0 Å². The molecular weight excluding hydrogens is 210 g/mol. The van der Waals surface area contributed by atoms with Crippen LogP contribution in [0.25, 0.3) is 0 Å². The maximum atomic E-state index is 11.6. The Labute approximate surface area is 95.7 Å². The van der Waals surface area contributed by atoms with Crippen LogP contribution in [0.1, 0.15) is 19.3 Å². The maximum Gasteiger partial charge on any atom is 0.310 e. The largest absolute Gasteiger partial charge is 0.469 e. The average Bonchev–Trinajstić information content (AvgIpc) is 2.70. The zero-order valence-electron chi connectivity index (χ0n) is 10.1. The van der Waals surface area contributed by atoms with Gasteiger partial charge in [-0.15, -0.1) is 0 Å². The lowest BCUT2D eigenvalue weighted by Gasteiger charge is -2.26. The number of esters is 2. The summed E-state index contributed by atoms with van der Waals surface area (Å²) in [4.78, 5) is 25.0. The van der Waals surface area contributed by atoms with Crippen molar-refractivity contribution in [3.63, 3.8) is 0 Å². The van der Waals surface area contributed by atoms with E-state index in [1.54, 1.807) is 0 Å². The van der Waals surface area contributed by atoms with E-state index in [0.717, 1.165) is 19.4 Å². The summed E-state index contributed by atoms with van der Waals surface area (Å²) in [6.45, 7) is 0.958. The summed E-state index contributed by atoms with van der Waals surface area (Å²) < 4.78 is 9.35. The Bertz CT molecular complexity index is 267. The fraction of sp³-hybridized carbons (Fsp3) is 0.818. The molecule has 0 N–H and O–H groups in total. The highest BCUT2D eigenvalue weighted by molar-refractivity contribution is 5.80. The third-order valence-electron chi connectivity index (χ3n) is 3.16. The van der Waals surface area contributed by atoms with Gasteiger partial charge in [-0.3, -0.25) is 9.59 Å². The van der Waals surface area contributed by atoms with Crippen molar-refractivity contribution in [2.45, 2.75) is 25.3 Å². The fourth-order valence-corrected chi connectivity index (χ4v) is 2.24. The van der Waals surface area contributed by atoms with E-state index in [2.05, 4.69) is 9.64 Å². The van der Waals surface area contributed by atoms with Gasteiger partial charge in [0.2, 0.25) is 0 Å². The molecule has 0 radical (unpaired) electrons. The van der Waals surface area contributed by atoms with Crippen molar-refractivity contribution >= 4 is 11.9 Å². The number of methoxy groups -OCH3 is 2. The van der Waals surface area contributed by atoms with Crippen LogP contribution in [-0.4, -0.2) is 50.7 Å². The molecule has 1 aliphatic rings. The zero-order chi connectivity index (χ0) is 12.1. The summed E-state index contributed by atoms with van der Waals surface area (Å²) in [7, 11) is 4.64. The molecule has 0 aromatic heterocycles. The number of ether oxygens (including phenoxy) is 2. The number of hydrogen-bond acceptors (Lipinski definition) is 5. The maximum absolute atomic E-state index is 11.6. The molecule has 1 saturated heterocycles. The van der Waals surface area contributed by atoms with Crippen molar-refractivity contribution in [3.05, 3.63) is 0 Å². The summed E-state index contributed by atoms with van der Waals surface area (Å²) in [5.41, 5.74) is 0. The number of hydrogen-bond donors (Lipinski definition) is 0. The van der Waals surface area contributed by atoms with Crippen LogP contribution in [0, 0.1) is 5.92 Å². The van der Waals surface area contributed by atoms with Gasteiger partial charge in [-0.25, -0.2) is 0 Å². The molecule has 0 aromatic carbocycles. The van der Waals surface area contributed by atoms with Gasteiger partial charge in [-0.2, -0.15) is 0 Å². The molecule has 0 spiro atoms. The first kappa shape index (κ1) is 13.0. The Hall–Kier alpha value is -1.10. The highest BCUT2D eigenvalue weighted by Crippen LogP contribution is 2.26. The van der Waals surface area contributed by atoms with Gasteiger partial charge in [0.05, 0.1) is 26.6 Å². The highest BCUT2D eigenvalue weighted by Gasteiger charge is 2.36. The summed E-state index contributed by atoms with van der Waals surface area (Å²) in [5, 5.41) is 0. The Morgan fingerprint density at radius 2 is 2.06 bits per heavy atom. The van der Waals surface area contributed by atoms with Gasteiger partial charge < -0.3 is 14.4 Å². The second-order valence-corrected chi connectivity index (χ2v) is 4.10. The second kappa shape index (κ2) is 5.84. The number of nitrogens with zero attached hydrogens (tertiary/aromatic N) is 1. The van der Waals surface area contributed by atoms with Gasteiger partial charge >= 0.3 is 11.9 Å². The van der Waals surface area contributed by atoms with Crippen LogP contribution in [0.2, 0.25) is 0 Å². The van der Waals surface area contributed by atoms with Crippen LogP contribution in [-0.2, 0) is 19.1 Å². The van der Waals surface area contributed by atoms with E-state index in [1.807, 2.05) is 7.05 Å². The quantitative estimate of drug-likeness (QED) is 0.654. The van der Waals surface area contributed by atoms with Crippen LogP contribution >= 0.6 is 0 Å². The average molecular weight is 229 g/mol. The van der Waals surface area contributed by atoms with E-state index in [1.165, 1.54) is 14.2 Å². The van der Waals surface area contributed by atoms with E-state index in [0.29, 0.717) is 0 Å². The van der Waals surface area contributed by atoms with E-state index in [-0.39, 0.29) is 24.4 Å². The third kappa shape index (κ3) is 2.95. The Morgan fingerprint density at radius 3 is 2.50 bits per heavy atom. The number of rotatable bonds is 4. The second-order valence-electron chi connectivity index (χ2n) is 4.10. The normalized spacial score (nSPS) is 22.8. The van der Waals surface area contributed by atoms with Crippen LogP contribution < -0.4 is 0 Å². The first-order valence-electron chi connectivity index (χ1n) is 5.45. The molecular formula is C11H19NO4. The first-order valence-corrected chi connectivity index (χ1v) is 5.45. The van der Waals surface area contributed by atoms with Crippen LogP contribution in [0.4, 0.5) is 0 Å². The highest BCUT2D eigenvalue weighted by atomic mass is 16.5. The van der Waals surface area contributed by atoms with Crippen molar-refractivity contribution in [2.75, 3.05) is 27.8 Å². The van der Waals surface area contributed by atoms with Crippen LogP contribution in [0.15, 0.2) is 0 Å². The van der Waals surface area contributed by atoms with Crippen LogP contribution in [0.3, 0.4) is 0 Å². The van der Waals surface area contributed by atoms with E-state index in [9.17, 15) is 9.59 Å². The van der Waals surface area contributed by atoms with Crippen molar-refractivity contribution in [2.24, 2.45) is 5.92 Å². The topological polar surface area (TPSA) is 55.8 Å². The van der Waals surface area contributed by atoms with E-state index in [4.69, 9.17) is 4.74 Å². The Kier molecular flexibility index (Phi) is 4.73. The number of carbonyl (C=O) groups is 2. The minimum Gasteiger partial charge on any atom is -0.469 e. The van der Waals surface area contributed by atoms with Gasteiger partial charge in [-0.05, 0) is 26.4 Å². The summed E-state index contributed by atoms with van der Waals surface area (Å²) in [6.07, 6.45) is 2.07. The van der Waals surface area contributed by atoms with Gasteiger partial charge in [-0.1, -0.05) is 0 Å². The zero-order valence-corrected chi connectivity index (χ0v) is 10.1. The third-order valence-corrected chi connectivity index (χ3v) is 3.16. The van der Waals surface area contributed by atoms with Crippen molar-refractivity contribution in [1.82, 2.24) is 4.90 Å². The van der Waals surface area contributed by atoms with Gasteiger partial charge in [0.1, 0.15) is 0 Å². The fourth-order valence-electron chi connectivity index (χ4n) is 2.24. The monoisotopic (exact) mass is 229 g/mol. The van der Waals surface area contributed by atoms with Crippen LogP contribution in [0.5, 0.6) is 0 Å². The Morgan fingerprint density at radius 1 is 1.38 bits per heavy atom. The Balaban J connectivity index is 2.70. The molecule has 1 rings (SSSR count). The molecule has 0 aliphatic carbocycles. The smallest absolute Gasteiger partial charge is 0.310 e. The molecule has 5 heteroatoms. The molecule has 0 amide bonds. The molecule has 1 fully saturated rings. The number of carbonyl (C=O) groups excluding carboxylic acids is 2. The summed E-state index contributed by atoms with van der Waals surface area (Å²) >= 11 is 0. The van der Waals surface area contributed by atoms with Crippen molar-refractivity contribution in [3.8, 4) is 0 Å². The van der Waals surface area contributed by atoms with Gasteiger partial charge in [0, 0.05) is 6.04 Å². The number of likely N-dealkylation sites (tertiary alicyclic amines) is 1. The standard InChI is InChI=1S/C11H19NO4/c1-12-6-4-5-9(12)8(11(14)16-3)7-10(13)15-2/h8-9H,4-7H2,1-3H3. The molecule has 92 valence electrons.